The third-order valence-electron chi connectivity index (χ3n) is 3.98. The molecule has 0 radical (unpaired) electrons. The Morgan fingerprint density at radius 3 is 2.40 bits per heavy atom. The van der Waals surface area contributed by atoms with Crippen LogP contribution in [-0.4, -0.2) is 39.7 Å². The summed E-state index contributed by atoms with van der Waals surface area (Å²) in [4.78, 5) is 30.5. The molecular formula is C19H20N4O2. The molecule has 128 valence electrons. The molecule has 3 rings (SSSR count). The fourth-order valence-electron chi connectivity index (χ4n) is 2.66. The minimum Gasteiger partial charge on any atom is -0.345 e. The van der Waals surface area contributed by atoms with E-state index in [1.807, 2.05) is 26.0 Å². The van der Waals surface area contributed by atoms with Crippen LogP contribution in [0.15, 0.2) is 47.4 Å². The van der Waals surface area contributed by atoms with E-state index in [1.54, 1.807) is 44.6 Å². The van der Waals surface area contributed by atoms with Crippen molar-refractivity contribution in [2.45, 2.75) is 19.9 Å². The van der Waals surface area contributed by atoms with Crippen LogP contribution in [-0.2, 0) is 0 Å². The molecule has 0 unspecified atom stereocenters. The van der Waals surface area contributed by atoms with Crippen LogP contribution in [0.25, 0.3) is 22.2 Å². The van der Waals surface area contributed by atoms with Crippen LogP contribution in [0.2, 0.25) is 0 Å². The van der Waals surface area contributed by atoms with Crippen LogP contribution in [0.5, 0.6) is 0 Å². The second-order valence-electron chi connectivity index (χ2n) is 6.37. The molecule has 0 spiro atoms. The number of benzene rings is 1. The van der Waals surface area contributed by atoms with Crippen molar-refractivity contribution in [3.63, 3.8) is 0 Å². The molecule has 3 aromatic rings. The molecule has 25 heavy (non-hydrogen) atoms. The lowest BCUT2D eigenvalue weighted by Crippen LogP contribution is -2.25. The molecule has 2 heterocycles. The van der Waals surface area contributed by atoms with Crippen molar-refractivity contribution >= 4 is 16.8 Å². The Bertz CT molecular complexity index is 988. The van der Waals surface area contributed by atoms with Gasteiger partial charge in [0.25, 0.3) is 11.5 Å². The maximum Gasteiger partial charge on any atom is 0.276 e. The maximum absolute atomic E-state index is 12.6. The van der Waals surface area contributed by atoms with Gasteiger partial charge in [0, 0.05) is 31.4 Å². The average molecular weight is 336 g/mol. The number of pyridine rings is 1. The van der Waals surface area contributed by atoms with Gasteiger partial charge in [-0.1, -0.05) is 12.1 Å². The van der Waals surface area contributed by atoms with Crippen LogP contribution < -0.4 is 5.56 Å². The topological polar surface area (TPSA) is 68.1 Å². The quantitative estimate of drug-likeness (QED) is 0.737. The van der Waals surface area contributed by atoms with E-state index < -0.39 is 0 Å². The van der Waals surface area contributed by atoms with Crippen molar-refractivity contribution in [2.24, 2.45) is 0 Å². The van der Waals surface area contributed by atoms with Crippen molar-refractivity contribution in [3.8, 4) is 11.3 Å². The molecule has 0 aliphatic carbocycles. The molecule has 0 saturated carbocycles. The lowest BCUT2D eigenvalue weighted by molar-refractivity contribution is 0.0827. The van der Waals surface area contributed by atoms with Crippen molar-refractivity contribution in [2.75, 3.05) is 14.1 Å². The van der Waals surface area contributed by atoms with Gasteiger partial charge in [0.2, 0.25) is 0 Å². The Morgan fingerprint density at radius 1 is 1.12 bits per heavy atom. The monoisotopic (exact) mass is 336 g/mol. The van der Waals surface area contributed by atoms with Crippen LogP contribution in [0.3, 0.4) is 0 Å². The maximum atomic E-state index is 12.6. The number of nitrogens with zero attached hydrogens (tertiary/aromatic N) is 4. The average Bonchev–Trinajstić information content (AvgIpc) is 2.61. The highest BCUT2D eigenvalue weighted by atomic mass is 16.2. The van der Waals surface area contributed by atoms with Gasteiger partial charge in [-0.15, -0.1) is 0 Å². The van der Waals surface area contributed by atoms with Gasteiger partial charge >= 0.3 is 0 Å². The Balaban J connectivity index is 2.20. The molecule has 1 aromatic carbocycles. The predicted octanol–water partition coefficient (Wildman–Crippen LogP) is 2.74. The largest absolute Gasteiger partial charge is 0.345 e. The lowest BCUT2D eigenvalue weighted by atomic mass is 10.1. The zero-order valence-electron chi connectivity index (χ0n) is 14.7. The first-order valence-electron chi connectivity index (χ1n) is 8.09. The number of hydrogen-bond donors (Lipinski definition) is 0. The Morgan fingerprint density at radius 2 is 1.80 bits per heavy atom. The zero-order chi connectivity index (χ0) is 18.1. The zero-order valence-corrected chi connectivity index (χ0v) is 14.7. The first-order valence-corrected chi connectivity index (χ1v) is 8.09. The van der Waals surface area contributed by atoms with Gasteiger partial charge in [-0.05, 0) is 38.1 Å². The van der Waals surface area contributed by atoms with Crippen molar-refractivity contribution in [3.05, 3.63) is 58.5 Å². The Kier molecular flexibility index (Phi) is 4.35. The lowest BCUT2D eigenvalue weighted by Gasteiger charge is -2.14. The minimum atomic E-state index is -0.152. The molecule has 0 aliphatic heterocycles. The molecule has 6 heteroatoms. The Labute approximate surface area is 145 Å². The number of amides is 1. The summed E-state index contributed by atoms with van der Waals surface area (Å²) in [6.07, 6.45) is 1.65. The second kappa shape index (κ2) is 6.47. The van der Waals surface area contributed by atoms with Gasteiger partial charge in [-0.2, -0.15) is 5.10 Å². The molecule has 0 atom stereocenters. The van der Waals surface area contributed by atoms with Gasteiger partial charge in [0.05, 0.1) is 11.4 Å². The van der Waals surface area contributed by atoms with Crippen molar-refractivity contribution < 1.29 is 4.79 Å². The summed E-state index contributed by atoms with van der Waals surface area (Å²) in [5, 5.41) is 5.06. The van der Waals surface area contributed by atoms with E-state index in [4.69, 9.17) is 0 Å². The van der Waals surface area contributed by atoms with Crippen molar-refractivity contribution in [1.29, 1.82) is 0 Å². The third-order valence-corrected chi connectivity index (χ3v) is 3.98. The molecular weight excluding hydrogens is 316 g/mol. The summed E-state index contributed by atoms with van der Waals surface area (Å²) in [5.41, 5.74) is 2.46. The number of fused-ring (bicyclic) bond motifs is 1. The number of rotatable bonds is 3. The van der Waals surface area contributed by atoms with Gasteiger partial charge in [0.15, 0.2) is 0 Å². The molecule has 0 fully saturated rings. The fourth-order valence-corrected chi connectivity index (χ4v) is 2.66. The van der Waals surface area contributed by atoms with E-state index in [2.05, 4.69) is 10.1 Å². The first-order chi connectivity index (χ1) is 11.9. The van der Waals surface area contributed by atoms with E-state index in [9.17, 15) is 9.59 Å². The summed E-state index contributed by atoms with van der Waals surface area (Å²) in [6.45, 7) is 3.83. The van der Waals surface area contributed by atoms with Crippen LogP contribution >= 0.6 is 0 Å². The van der Waals surface area contributed by atoms with Gasteiger partial charge in [-0.3, -0.25) is 14.6 Å². The van der Waals surface area contributed by atoms with E-state index in [0.29, 0.717) is 22.2 Å². The summed E-state index contributed by atoms with van der Waals surface area (Å²) >= 11 is 0. The molecule has 0 N–H and O–H groups in total. The van der Waals surface area contributed by atoms with Crippen LogP contribution in [0.1, 0.15) is 30.2 Å². The molecule has 0 bridgehead atoms. The molecule has 0 saturated heterocycles. The number of carbonyl (C=O) groups excluding carboxylic acids is 1. The predicted molar refractivity (Wildman–Crippen MR) is 97.6 cm³/mol. The third kappa shape index (κ3) is 3.03. The summed E-state index contributed by atoms with van der Waals surface area (Å²) in [7, 11) is 3.43. The molecule has 2 aromatic heterocycles. The smallest absolute Gasteiger partial charge is 0.276 e. The highest BCUT2D eigenvalue weighted by Gasteiger charge is 2.15. The SMILES string of the molecule is CC(C)n1nc(-c2ccc(C(=O)N(C)C)cc2)c2ncccc2c1=O. The minimum absolute atomic E-state index is 0.0605. The number of hydrogen-bond acceptors (Lipinski definition) is 4. The molecule has 1 amide bonds. The second-order valence-corrected chi connectivity index (χ2v) is 6.37. The van der Waals surface area contributed by atoms with Crippen LogP contribution in [0, 0.1) is 0 Å². The standard InChI is InChI=1S/C19H20N4O2/c1-12(2)23-19(25)15-6-5-11-20-17(15)16(21-23)13-7-9-14(10-8-13)18(24)22(3)4/h5-12H,1-4H3. The van der Waals surface area contributed by atoms with E-state index in [0.717, 1.165) is 5.56 Å². The van der Waals surface area contributed by atoms with E-state index >= 15 is 0 Å². The van der Waals surface area contributed by atoms with E-state index in [1.165, 1.54) is 9.58 Å². The van der Waals surface area contributed by atoms with Crippen molar-refractivity contribution in [1.82, 2.24) is 19.7 Å². The summed E-state index contributed by atoms with van der Waals surface area (Å²) in [5.74, 6) is -0.0605. The molecule has 6 nitrogen and oxygen atoms in total. The van der Waals surface area contributed by atoms with Gasteiger partial charge in [0.1, 0.15) is 11.2 Å². The highest BCUT2D eigenvalue weighted by Crippen LogP contribution is 2.24. The normalized spacial score (nSPS) is 11.1. The molecule has 0 aliphatic rings. The van der Waals surface area contributed by atoms with Gasteiger partial charge < -0.3 is 4.90 Å². The summed E-state index contributed by atoms with van der Waals surface area (Å²) < 4.78 is 1.47. The number of aromatic nitrogens is 3. The van der Waals surface area contributed by atoms with E-state index in [-0.39, 0.29) is 17.5 Å². The van der Waals surface area contributed by atoms with Crippen LogP contribution in [0.4, 0.5) is 0 Å². The summed E-state index contributed by atoms with van der Waals surface area (Å²) in [6, 6.07) is 10.6. The highest BCUT2D eigenvalue weighted by molar-refractivity contribution is 5.95. The first kappa shape index (κ1) is 16.8. The van der Waals surface area contributed by atoms with Gasteiger partial charge in [-0.25, -0.2) is 4.68 Å². The number of carbonyl (C=O) groups is 1. The fraction of sp³-hybridized carbons (Fsp3) is 0.263. The Hall–Kier alpha value is -3.02.